The molecule has 27 heavy (non-hydrogen) atoms. The summed E-state index contributed by atoms with van der Waals surface area (Å²) in [6.07, 6.45) is 1.31. The largest absolute Gasteiger partial charge is 0.445 e. The second kappa shape index (κ2) is 11.0. The molecule has 2 rings (SSSR count). The molecule has 0 aromatic heterocycles. The average Bonchev–Trinajstić information content (AvgIpc) is 2.68. The van der Waals surface area contributed by atoms with Crippen molar-refractivity contribution in [3.05, 3.63) is 71.8 Å². The first-order valence-electron chi connectivity index (χ1n) is 9.40. The summed E-state index contributed by atoms with van der Waals surface area (Å²) in [5.74, 6) is -0.0897. The number of ether oxygens (including phenoxy) is 1. The van der Waals surface area contributed by atoms with E-state index >= 15 is 0 Å². The Balaban J connectivity index is 1.81. The molecule has 0 unspecified atom stereocenters. The van der Waals surface area contributed by atoms with Crippen LogP contribution in [0.15, 0.2) is 60.7 Å². The van der Waals surface area contributed by atoms with E-state index in [-0.39, 0.29) is 31.0 Å². The minimum absolute atomic E-state index is 0.0778. The van der Waals surface area contributed by atoms with Gasteiger partial charge in [0.25, 0.3) is 0 Å². The lowest BCUT2D eigenvalue weighted by molar-refractivity contribution is -0.122. The third kappa shape index (κ3) is 7.52. The van der Waals surface area contributed by atoms with Crippen molar-refractivity contribution in [3.63, 3.8) is 0 Å². The average molecular weight is 368 g/mol. The maximum atomic E-state index is 12.4. The van der Waals surface area contributed by atoms with Gasteiger partial charge < -0.3 is 15.4 Å². The molecule has 0 saturated heterocycles. The van der Waals surface area contributed by atoms with Gasteiger partial charge in [-0.25, -0.2) is 4.79 Å². The fraction of sp³-hybridized carbons (Fsp3) is 0.364. The number of carbonyl (C=O) groups is 2. The van der Waals surface area contributed by atoms with Crippen LogP contribution < -0.4 is 10.6 Å². The Labute approximate surface area is 161 Å². The molecule has 0 bridgehead atoms. The van der Waals surface area contributed by atoms with Crippen molar-refractivity contribution in [2.75, 3.05) is 0 Å². The Morgan fingerprint density at radius 3 is 2.22 bits per heavy atom. The van der Waals surface area contributed by atoms with Crippen LogP contribution in [0.3, 0.4) is 0 Å². The van der Waals surface area contributed by atoms with Gasteiger partial charge in [0.1, 0.15) is 6.61 Å². The Hall–Kier alpha value is -2.82. The second-order valence-corrected chi connectivity index (χ2v) is 6.60. The van der Waals surface area contributed by atoms with Crippen LogP contribution in [0.1, 0.15) is 50.3 Å². The highest BCUT2D eigenvalue weighted by Crippen LogP contribution is 2.12. The smallest absolute Gasteiger partial charge is 0.407 e. The quantitative estimate of drug-likeness (QED) is 0.691. The van der Waals surface area contributed by atoms with Crippen LogP contribution in [0.2, 0.25) is 0 Å². The maximum Gasteiger partial charge on any atom is 0.407 e. The summed E-state index contributed by atoms with van der Waals surface area (Å²) < 4.78 is 5.26. The van der Waals surface area contributed by atoms with E-state index in [0.717, 1.165) is 17.5 Å². The zero-order valence-corrected chi connectivity index (χ0v) is 16.0. The molecule has 0 aliphatic heterocycles. The Kier molecular flexibility index (Phi) is 8.36. The van der Waals surface area contributed by atoms with E-state index in [1.165, 1.54) is 0 Å². The van der Waals surface area contributed by atoms with Crippen LogP contribution >= 0.6 is 0 Å². The van der Waals surface area contributed by atoms with E-state index in [0.29, 0.717) is 6.42 Å². The van der Waals surface area contributed by atoms with E-state index in [1.807, 2.05) is 74.5 Å². The molecule has 2 aromatic rings. The summed E-state index contributed by atoms with van der Waals surface area (Å²) in [6, 6.07) is 19.0. The van der Waals surface area contributed by atoms with Gasteiger partial charge >= 0.3 is 6.09 Å². The van der Waals surface area contributed by atoms with Crippen LogP contribution in [0, 0.1) is 0 Å². The third-order valence-electron chi connectivity index (χ3n) is 4.28. The van der Waals surface area contributed by atoms with E-state index in [4.69, 9.17) is 4.74 Å². The molecule has 0 heterocycles. The van der Waals surface area contributed by atoms with Crippen molar-refractivity contribution in [3.8, 4) is 0 Å². The molecule has 0 aliphatic carbocycles. The predicted octanol–water partition coefficient (Wildman–Crippen LogP) is 4.35. The molecular formula is C22H28N2O3. The highest BCUT2D eigenvalue weighted by Gasteiger charge is 2.18. The van der Waals surface area contributed by atoms with Crippen molar-refractivity contribution < 1.29 is 14.3 Å². The van der Waals surface area contributed by atoms with Gasteiger partial charge in [-0.15, -0.1) is 0 Å². The van der Waals surface area contributed by atoms with Crippen LogP contribution in [-0.4, -0.2) is 18.0 Å². The van der Waals surface area contributed by atoms with Crippen molar-refractivity contribution in [1.82, 2.24) is 10.6 Å². The van der Waals surface area contributed by atoms with Crippen LogP contribution in [-0.2, 0) is 16.1 Å². The fourth-order valence-corrected chi connectivity index (χ4v) is 2.85. The zero-order chi connectivity index (χ0) is 19.5. The molecule has 0 aliphatic rings. The van der Waals surface area contributed by atoms with Crippen molar-refractivity contribution in [2.45, 2.75) is 51.8 Å². The van der Waals surface area contributed by atoms with Gasteiger partial charge in [0, 0.05) is 12.5 Å². The van der Waals surface area contributed by atoms with Crippen LogP contribution in [0.25, 0.3) is 0 Å². The minimum atomic E-state index is -0.499. The molecule has 2 amide bonds. The number of carbonyl (C=O) groups excluding carboxylic acids is 2. The summed E-state index contributed by atoms with van der Waals surface area (Å²) in [4.78, 5) is 24.4. The highest BCUT2D eigenvalue weighted by molar-refractivity contribution is 5.78. The molecule has 5 nitrogen and oxygen atoms in total. The van der Waals surface area contributed by atoms with E-state index in [1.54, 1.807) is 0 Å². The summed E-state index contributed by atoms with van der Waals surface area (Å²) in [6.45, 7) is 4.18. The lowest BCUT2D eigenvalue weighted by atomic mass is 10.1. The van der Waals surface area contributed by atoms with Gasteiger partial charge in [0.2, 0.25) is 5.91 Å². The number of amides is 2. The zero-order valence-electron chi connectivity index (χ0n) is 16.0. The van der Waals surface area contributed by atoms with Gasteiger partial charge in [-0.05, 0) is 24.5 Å². The van der Waals surface area contributed by atoms with E-state index in [2.05, 4.69) is 10.6 Å². The standard InChI is InChI=1S/C22H28N2O3/c1-3-10-20(24-22(26)27-16-18-11-6-4-7-12-18)15-21(25)23-17(2)19-13-8-5-9-14-19/h4-9,11-14,17,20H,3,10,15-16H2,1-2H3,(H,23,25)(H,24,26)/t17-,20+/m0/s1. The van der Waals surface area contributed by atoms with E-state index < -0.39 is 6.09 Å². The summed E-state index contributed by atoms with van der Waals surface area (Å²) in [7, 11) is 0. The molecular weight excluding hydrogens is 340 g/mol. The number of nitrogens with one attached hydrogen (secondary N) is 2. The fourth-order valence-electron chi connectivity index (χ4n) is 2.85. The normalized spacial score (nSPS) is 12.7. The SMILES string of the molecule is CCC[C@H](CC(=O)N[C@@H](C)c1ccccc1)NC(=O)OCc1ccccc1. The number of hydrogen-bond acceptors (Lipinski definition) is 3. The van der Waals surface area contributed by atoms with E-state index in [9.17, 15) is 9.59 Å². The number of rotatable bonds is 9. The van der Waals surface area contributed by atoms with Crippen molar-refractivity contribution >= 4 is 12.0 Å². The first-order valence-corrected chi connectivity index (χ1v) is 9.40. The first kappa shape index (κ1) is 20.5. The summed E-state index contributed by atoms with van der Waals surface area (Å²) >= 11 is 0. The maximum absolute atomic E-state index is 12.4. The van der Waals surface area contributed by atoms with Crippen molar-refractivity contribution in [2.24, 2.45) is 0 Å². The summed E-state index contributed by atoms with van der Waals surface area (Å²) in [5, 5.41) is 5.80. The Morgan fingerprint density at radius 1 is 0.963 bits per heavy atom. The first-order chi connectivity index (χ1) is 13.1. The minimum Gasteiger partial charge on any atom is -0.445 e. The van der Waals surface area contributed by atoms with Crippen molar-refractivity contribution in [1.29, 1.82) is 0 Å². The number of alkyl carbamates (subject to hydrolysis) is 1. The molecule has 0 saturated carbocycles. The third-order valence-corrected chi connectivity index (χ3v) is 4.28. The molecule has 144 valence electrons. The van der Waals surface area contributed by atoms with Gasteiger partial charge in [-0.3, -0.25) is 4.79 Å². The molecule has 0 spiro atoms. The summed E-state index contributed by atoms with van der Waals surface area (Å²) in [5.41, 5.74) is 1.97. The monoisotopic (exact) mass is 368 g/mol. The number of benzene rings is 2. The molecule has 2 N–H and O–H groups in total. The predicted molar refractivity (Wildman–Crippen MR) is 106 cm³/mol. The molecule has 0 radical (unpaired) electrons. The second-order valence-electron chi connectivity index (χ2n) is 6.60. The topological polar surface area (TPSA) is 67.4 Å². The van der Waals surface area contributed by atoms with Gasteiger partial charge in [-0.1, -0.05) is 74.0 Å². The van der Waals surface area contributed by atoms with Crippen LogP contribution in [0.4, 0.5) is 4.79 Å². The molecule has 2 aromatic carbocycles. The van der Waals surface area contributed by atoms with Gasteiger partial charge in [-0.2, -0.15) is 0 Å². The lowest BCUT2D eigenvalue weighted by Crippen LogP contribution is -2.39. The highest BCUT2D eigenvalue weighted by atomic mass is 16.5. The molecule has 0 fully saturated rings. The van der Waals surface area contributed by atoms with Crippen LogP contribution in [0.5, 0.6) is 0 Å². The number of hydrogen-bond donors (Lipinski definition) is 2. The Bertz CT molecular complexity index is 704. The molecule has 2 atom stereocenters. The lowest BCUT2D eigenvalue weighted by Gasteiger charge is -2.20. The van der Waals surface area contributed by atoms with Gasteiger partial charge in [0.05, 0.1) is 6.04 Å². The van der Waals surface area contributed by atoms with Gasteiger partial charge in [0.15, 0.2) is 0 Å². The molecule has 5 heteroatoms. The Morgan fingerprint density at radius 2 is 1.59 bits per heavy atom.